The van der Waals surface area contributed by atoms with Gasteiger partial charge in [-0.25, -0.2) is 0 Å². The maximum Gasteiger partial charge on any atom is 0.0783 e. The monoisotopic (exact) mass is 428 g/mol. The van der Waals surface area contributed by atoms with Crippen molar-refractivity contribution in [3.05, 3.63) is 90.0 Å². The van der Waals surface area contributed by atoms with Crippen molar-refractivity contribution in [2.24, 2.45) is 0 Å². The summed E-state index contributed by atoms with van der Waals surface area (Å²) in [4.78, 5) is 3.75. The third-order valence-corrected chi connectivity index (χ3v) is 7.92. The van der Waals surface area contributed by atoms with E-state index in [-0.39, 0.29) is 10.8 Å². The molecule has 0 unspecified atom stereocenters. The van der Waals surface area contributed by atoms with E-state index in [0.29, 0.717) is 0 Å². The zero-order valence-electron chi connectivity index (χ0n) is 19.7. The Morgan fingerprint density at radius 2 is 1.36 bits per heavy atom. The maximum absolute atomic E-state index is 3.75. The van der Waals surface area contributed by atoms with Crippen LogP contribution < -0.4 is 0 Å². The Morgan fingerprint density at radius 1 is 0.667 bits per heavy atom. The van der Waals surface area contributed by atoms with E-state index in [0.717, 1.165) is 0 Å². The molecular formula is C31H28N2. The normalized spacial score (nSPS) is 16.8. The molecule has 0 amide bonds. The fraction of sp³-hybridized carbons (Fsp3) is 0.226. The van der Waals surface area contributed by atoms with E-state index in [1.807, 2.05) is 0 Å². The van der Waals surface area contributed by atoms with Gasteiger partial charge in [-0.3, -0.25) is 0 Å². The zero-order chi connectivity index (χ0) is 22.5. The molecule has 0 bridgehead atoms. The lowest BCUT2D eigenvalue weighted by Gasteiger charge is -2.22. The van der Waals surface area contributed by atoms with Crippen molar-refractivity contribution in [1.82, 2.24) is 9.55 Å². The summed E-state index contributed by atoms with van der Waals surface area (Å²) >= 11 is 0. The Balaban J connectivity index is 1.64. The summed E-state index contributed by atoms with van der Waals surface area (Å²) in [5.74, 6) is 0. The van der Waals surface area contributed by atoms with Gasteiger partial charge in [-0.05, 0) is 52.6 Å². The Hall–Kier alpha value is -3.52. The fourth-order valence-corrected chi connectivity index (χ4v) is 6.76. The number of fused-ring (bicyclic) bond motifs is 8. The van der Waals surface area contributed by atoms with Gasteiger partial charge in [0.25, 0.3) is 0 Å². The van der Waals surface area contributed by atoms with Crippen LogP contribution in [0.2, 0.25) is 0 Å². The second kappa shape index (κ2) is 6.08. The molecule has 0 saturated heterocycles. The molecule has 33 heavy (non-hydrogen) atoms. The molecule has 1 aliphatic rings. The third-order valence-electron chi connectivity index (χ3n) is 7.92. The van der Waals surface area contributed by atoms with Crippen LogP contribution >= 0.6 is 0 Å². The van der Waals surface area contributed by atoms with Crippen molar-refractivity contribution < 1.29 is 0 Å². The molecule has 4 aromatic carbocycles. The van der Waals surface area contributed by atoms with Crippen molar-refractivity contribution in [1.29, 1.82) is 0 Å². The van der Waals surface area contributed by atoms with Gasteiger partial charge in [-0.1, -0.05) is 82.3 Å². The molecule has 0 radical (unpaired) electrons. The van der Waals surface area contributed by atoms with Crippen LogP contribution in [-0.4, -0.2) is 9.55 Å². The number of aromatic amines is 1. The molecule has 2 heterocycles. The Bertz CT molecular complexity index is 1740. The minimum absolute atomic E-state index is 0.171. The highest BCUT2D eigenvalue weighted by atomic mass is 15.0. The largest absolute Gasteiger partial charge is 0.353 e. The van der Waals surface area contributed by atoms with E-state index in [1.165, 1.54) is 66.8 Å². The Labute approximate surface area is 193 Å². The van der Waals surface area contributed by atoms with E-state index in [2.05, 4.69) is 116 Å². The number of hydrogen-bond donors (Lipinski definition) is 1. The highest BCUT2D eigenvalue weighted by molar-refractivity contribution is 6.22. The molecule has 0 atom stereocenters. The van der Waals surface area contributed by atoms with Crippen LogP contribution in [0.4, 0.5) is 0 Å². The third kappa shape index (κ3) is 2.44. The smallest absolute Gasteiger partial charge is 0.0783 e. The van der Waals surface area contributed by atoms with Crippen LogP contribution in [0, 0.1) is 0 Å². The second-order valence-electron chi connectivity index (χ2n) is 11.1. The van der Waals surface area contributed by atoms with Crippen molar-refractivity contribution in [3.8, 4) is 5.69 Å². The molecule has 6 aromatic rings. The molecule has 7 rings (SSSR count). The number of aromatic nitrogens is 2. The number of para-hydroxylation sites is 2. The van der Waals surface area contributed by atoms with Crippen molar-refractivity contribution in [2.45, 2.75) is 44.9 Å². The fourth-order valence-electron chi connectivity index (χ4n) is 6.76. The van der Waals surface area contributed by atoms with Gasteiger partial charge in [0.15, 0.2) is 0 Å². The number of hydrogen-bond acceptors (Lipinski definition) is 0. The number of nitrogens with zero attached hydrogens (tertiary/aromatic N) is 1. The lowest BCUT2D eigenvalue weighted by molar-refractivity contribution is 0.403. The van der Waals surface area contributed by atoms with Crippen LogP contribution in [0.25, 0.3) is 49.3 Å². The Morgan fingerprint density at radius 3 is 2.21 bits per heavy atom. The summed E-state index contributed by atoms with van der Waals surface area (Å²) in [5, 5.41) is 5.16. The molecular weight excluding hydrogens is 400 g/mol. The van der Waals surface area contributed by atoms with E-state index in [9.17, 15) is 0 Å². The van der Waals surface area contributed by atoms with Gasteiger partial charge in [0.1, 0.15) is 0 Å². The molecule has 162 valence electrons. The quantitative estimate of drug-likeness (QED) is 0.271. The van der Waals surface area contributed by atoms with Gasteiger partial charge in [-0.15, -0.1) is 0 Å². The second-order valence-corrected chi connectivity index (χ2v) is 11.1. The number of benzene rings is 4. The summed E-state index contributed by atoms with van der Waals surface area (Å²) in [6.07, 6.45) is 1.18. The van der Waals surface area contributed by atoms with Crippen molar-refractivity contribution in [3.63, 3.8) is 0 Å². The predicted molar refractivity (Wildman–Crippen MR) is 141 cm³/mol. The van der Waals surface area contributed by atoms with Gasteiger partial charge in [-0.2, -0.15) is 0 Å². The first-order valence-electron chi connectivity index (χ1n) is 11.9. The first-order valence-corrected chi connectivity index (χ1v) is 11.9. The van der Waals surface area contributed by atoms with Gasteiger partial charge >= 0.3 is 0 Å². The van der Waals surface area contributed by atoms with E-state index >= 15 is 0 Å². The number of rotatable bonds is 1. The number of H-pyrrole nitrogens is 1. The highest BCUT2D eigenvalue weighted by Crippen LogP contribution is 2.50. The zero-order valence-corrected chi connectivity index (χ0v) is 19.7. The summed E-state index contributed by atoms with van der Waals surface area (Å²) in [7, 11) is 0. The minimum Gasteiger partial charge on any atom is -0.353 e. The van der Waals surface area contributed by atoms with Crippen molar-refractivity contribution >= 4 is 43.6 Å². The van der Waals surface area contributed by atoms with E-state index in [1.54, 1.807) is 0 Å². The van der Waals surface area contributed by atoms with Gasteiger partial charge < -0.3 is 9.55 Å². The van der Waals surface area contributed by atoms with Crippen molar-refractivity contribution in [2.75, 3.05) is 0 Å². The molecule has 2 nitrogen and oxygen atoms in total. The summed E-state index contributed by atoms with van der Waals surface area (Å²) in [6, 6.07) is 29.2. The molecule has 0 spiro atoms. The van der Waals surface area contributed by atoms with Crippen LogP contribution in [0.3, 0.4) is 0 Å². The first kappa shape index (κ1) is 19.0. The summed E-state index contributed by atoms with van der Waals surface area (Å²) in [5.41, 5.74) is 9.53. The average Bonchev–Trinajstić information content (AvgIpc) is 3.39. The van der Waals surface area contributed by atoms with Crippen LogP contribution in [0.15, 0.2) is 78.9 Å². The molecule has 0 fully saturated rings. The highest BCUT2D eigenvalue weighted by Gasteiger charge is 2.41. The summed E-state index contributed by atoms with van der Waals surface area (Å²) < 4.78 is 2.48. The topological polar surface area (TPSA) is 20.7 Å². The lowest BCUT2D eigenvalue weighted by Crippen LogP contribution is -2.18. The molecule has 2 aromatic heterocycles. The number of nitrogens with one attached hydrogen (secondary N) is 1. The van der Waals surface area contributed by atoms with Crippen LogP contribution in [-0.2, 0) is 10.8 Å². The molecule has 0 aliphatic heterocycles. The molecule has 0 saturated carbocycles. The van der Waals surface area contributed by atoms with Crippen LogP contribution in [0.1, 0.15) is 45.2 Å². The standard InChI is InChI=1S/C31H28N2/c1-30(2)18-31(3,4)25-17-19(13-16-24(25)30)33-27-12-8-6-10-21(27)23-15-14-22-20-9-5-7-11-26(20)32-28(22)29(23)33/h5-17,32H,18H2,1-4H3. The Kier molecular flexibility index (Phi) is 3.50. The predicted octanol–water partition coefficient (Wildman–Crippen LogP) is 8.38. The van der Waals surface area contributed by atoms with Gasteiger partial charge in [0.05, 0.1) is 16.6 Å². The van der Waals surface area contributed by atoms with Gasteiger partial charge in [0, 0.05) is 32.7 Å². The average molecular weight is 429 g/mol. The molecule has 2 heteroatoms. The van der Waals surface area contributed by atoms with E-state index in [4.69, 9.17) is 0 Å². The van der Waals surface area contributed by atoms with E-state index < -0.39 is 0 Å². The molecule has 1 N–H and O–H groups in total. The summed E-state index contributed by atoms with van der Waals surface area (Å²) in [6.45, 7) is 9.56. The van der Waals surface area contributed by atoms with Crippen LogP contribution in [0.5, 0.6) is 0 Å². The first-order chi connectivity index (χ1) is 15.9. The lowest BCUT2D eigenvalue weighted by atomic mass is 9.82. The molecule has 1 aliphatic carbocycles. The van der Waals surface area contributed by atoms with Gasteiger partial charge in [0.2, 0.25) is 0 Å². The SMILES string of the molecule is CC1(C)CC(C)(C)c2cc(-n3c4ccccc4c4ccc5c6ccccc6[nH]c5c43)ccc21. The minimum atomic E-state index is 0.171. The maximum atomic E-state index is 3.75.